The third-order valence-electron chi connectivity index (χ3n) is 8.05. The molecule has 3 N–H and O–H groups in total. The van der Waals surface area contributed by atoms with Crippen LogP contribution in [0, 0.1) is 23.2 Å². The summed E-state index contributed by atoms with van der Waals surface area (Å²) in [7, 11) is 1.43. The van der Waals surface area contributed by atoms with Crippen molar-refractivity contribution in [2.75, 3.05) is 18.6 Å². The molecule has 9 nitrogen and oxygen atoms in total. The highest BCUT2D eigenvalue weighted by Gasteiger charge is 2.44. The average molecular weight is 629 g/mol. The predicted molar refractivity (Wildman–Crippen MR) is 171 cm³/mol. The number of nitrogens with zero attached hydrogens (tertiary/aromatic N) is 3. The summed E-state index contributed by atoms with van der Waals surface area (Å²) in [5.74, 6) is 6.77. The van der Waals surface area contributed by atoms with Gasteiger partial charge in [0.15, 0.2) is 10.5 Å². The van der Waals surface area contributed by atoms with Crippen LogP contribution in [0.2, 0.25) is 0 Å². The second-order valence-corrected chi connectivity index (χ2v) is 11.9. The number of methoxy groups -OCH3 is 1. The zero-order chi connectivity index (χ0) is 31.9. The van der Waals surface area contributed by atoms with Crippen molar-refractivity contribution in [2.24, 2.45) is 16.4 Å². The molecule has 2 atom stereocenters. The molecule has 0 aromatic carbocycles. The number of alkyl halides is 2. The number of dihydropyridines is 1. The molecule has 44 heavy (non-hydrogen) atoms. The topological polar surface area (TPSA) is 108 Å². The Morgan fingerprint density at radius 1 is 1.23 bits per heavy atom. The highest BCUT2D eigenvalue weighted by atomic mass is 32.2. The number of carbonyl (C=O) groups excluding carboxylic acids is 2. The van der Waals surface area contributed by atoms with Crippen molar-refractivity contribution in [2.45, 2.75) is 90.6 Å². The molecule has 1 saturated heterocycles. The number of allylic oxidation sites excluding steroid dienone is 1. The van der Waals surface area contributed by atoms with Crippen molar-refractivity contribution in [3.63, 3.8) is 0 Å². The van der Waals surface area contributed by atoms with E-state index < -0.39 is 23.9 Å². The van der Waals surface area contributed by atoms with Gasteiger partial charge in [0.1, 0.15) is 17.6 Å². The molecular formula is C32H42F2N6O3S. The maximum absolute atomic E-state index is 13.7. The molecule has 6 rings (SSSR count). The molecule has 1 aromatic heterocycles. The van der Waals surface area contributed by atoms with Gasteiger partial charge in [0.05, 0.1) is 12.7 Å². The van der Waals surface area contributed by atoms with Crippen molar-refractivity contribution < 1.29 is 23.1 Å². The van der Waals surface area contributed by atoms with Crippen LogP contribution in [0.5, 0.6) is 0 Å². The Labute approximate surface area is 262 Å². The molecule has 3 fully saturated rings. The molecule has 2 aliphatic carbocycles. The minimum Gasteiger partial charge on any atom is -0.495 e. The lowest BCUT2D eigenvalue weighted by Gasteiger charge is -2.47. The van der Waals surface area contributed by atoms with E-state index in [-0.39, 0.29) is 22.6 Å². The summed E-state index contributed by atoms with van der Waals surface area (Å²) in [5.41, 5.74) is 3.23. The fourth-order valence-electron chi connectivity index (χ4n) is 5.41. The third-order valence-corrected chi connectivity index (χ3v) is 8.93. The molecule has 1 spiro atoms. The number of aromatic nitrogens is 1. The molecule has 2 amide bonds. The smallest absolute Gasteiger partial charge is 0.261 e. The lowest BCUT2D eigenvalue weighted by molar-refractivity contribution is -0.124. The monoisotopic (exact) mass is 628 g/mol. The van der Waals surface area contributed by atoms with Gasteiger partial charge in [-0.05, 0) is 67.3 Å². The van der Waals surface area contributed by atoms with Gasteiger partial charge in [0.25, 0.3) is 12.3 Å². The Hall–Kier alpha value is -3.59. The summed E-state index contributed by atoms with van der Waals surface area (Å²) < 4.78 is 32.9. The van der Waals surface area contributed by atoms with E-state index >= 15 is 0 Å². The molecule has 238 valence electrons. The Morgan fingerprint density at radius 2 is 1.98 bits per heavy atom. The Kier molecular flexibility index (Phi) is 11.3. The highest BCUT2D eigenvalue weighted by molar-refractivity contribution is 8.15. The van der Waals surface area contributed by atoms with Gasteiger partial charge in [-0.2, -0.15) is 5.10 Å². The van der Waals surface area contributed by atoms with Crippen LogP contribution >= 0.6 is 11.8 Å². The number of rotatable bonds is 6. The first-order valence-electron chi connectivity index (χ1n) is 15.5. The van der Waals surface area contributed by atoms with Crippen LogP contribution in [0.1, 0.15) is 88.6 Å². The standard InChI is InChI=1S/C28H30F2N6O3S.2C2H6/c1-39-21-15-31-20(25(29)30)11-18(21)17-12-22(36-10-9-28(7-2-8-28)13-24(36)37)32-14-19(17)26(38)33-27-35-34-23(40-27)6-5-16-3-4-16;2*1-2/h11-12,14-16,20,25,27,31,35H,2-4,7-10,13H2,1H3,(H,33,38);2*1-2H3. The van der Waals surface area contributed by atoms with E-state index in [1.807, 2.05) is 27.7 Å². The van der Waals surface area contributed by atoms with Crippen molar-refractivity contribution in [3.8, 4) is 11.8 Å². The molecule has 2 saturated carbocycles. The molecule has 0 radical (unpaired) electrons. The number of hydrazone groups is 1. The van der Waals surface area contributed by atoms with Crippen LogP contribution in [0.3, 0.4) is 0 Å². The zero-order valence-electron chi connectivity index (χ0n) is 26.0. The average Bonchev–Trinajstić information content (AvgIpc) is 3.77. The number of hydrogen-bond donors (Lipinski definition) is 3. The predicted octanol–water partition coefficient (Wildman–Crippen LogP) is 5.62. The number of ether oxygens (including phenoxy) is 1. The van der Waals surface area contributed by atoms with Gasteiger partial charge in [0, 0.05) is 42.4 Å². The van der Waals surface area contributed by atoms with Gasteiger partial charge < -0.3 is 15.4 Å². The van der Waals surface area contributed by atoms with E-state index in [1.165, 1.54) is 37.3 Å². The molecule has 4 heterocycles. The molecule has 12 heteroatoms. The fourth-order valence-corrected chi connectivity index (χ4v) is 6.12. The number of amides is 2. The number of halogens is 2. The summed E-state index contributed by atoms with van der Waals surface area (Å²) in [6, 6.07) is 0.348. The van der Waals surface area contributed by atoms with Crippen LogP contribution in [-0.2, 0) is 9.53 Å². The maximum atomic E-state index is 13.7. The summed E-state index contributed by atoms with van der Waals surface area (Å²) in [5, 5.41) is 10.3. The van der Waals surface area contributed by atoms with E-state index in [0.717, 1.165) is 38.5 Å². The number of piperidine rings is 1. The van der Waals surface area contributed by atoms with Gasteiger partial charge >= 0.3 is 0 Å². The molecule has 5 aliphatic rings. The number of anilines is 1. The normalized spacial score (nSPS) is 23.0. The summed E-state index contributed by atoms with van der Waals surface area (Å²) >= 11 is 1.29. The van der Waals surface area contributed by atoms with Gasteiger partial charge in [0.2, 0.25) is 5.91 Å². The Bertz CT molecular complexity index is 1380. The lowest BCUT2D eigenvalue weighted by atomic mass is 9.63. The SMILES string of the molecule is CC.CC.COC1=CNC(C(F)F)C=C1c1cc(N2CCC3(CCC3)CC2=O)ncc1C(=O)NC1NN=C(C#CC2CC2)S1. The fraction of sp³-hybridized carbons (Fsp3) is 0.562. The van der Waals surface area contributed by atoms with Gasteiger partial charge in [-0.1, -0.05) is 40.0 Å². The van der Waals surface area contributed by atoms with Crippen molar-refractivity contribution >= 4 is 40.0 Å². The number of carbonyl (C=O) groups is 2. The first kappa shape index (κ1) is 33.3. The highest BCUT2D eigenvalue weighted by Crippen LogP contribution is 2.49. The van der Waals surface area contributed by atoms with Gasteiger partial charge in [-0.25, -0.2) is 13.8 Å². The summed E-state index contributed by atoms with van der Waals surface area (Å²) in [6.45, 7) is 8.52. The van der Waals surface area contributed by atoms with Crippen LogP contribution < -0.4 is 21.0 Å². The molecular weight excluding hydrogens is 586 g/mol. The quantitative estimate of drug-likeness (QED) is 0.351. The first-order chi connectivity index (χ1) is 21.3. The summed E-state index contributed by atoms with van der Waals surface area (Å²) in [4.78, 5) is 32.8. The van der Waals surface area contributed by atoms with Crippen LogP contribution in [-0.4, -0.2) is 53.5 Å². The number of thioether (sulfide) groups is 1. The minimum atomic E-state index is -2.68. The van der Waals surface area contributed by atoms with Gasteiger partial charge in [-0.3, -0.25) is 19.9 Å². The van der Waals surface area contributed by atoms with Gasteiger partial charge in [-0.15, -0.1) is 0 Å². The second kappa shape index (κ2) is 14.9. The van der Waals surface area contributed by atoms with E-state index in [2.05, 4.69) is 38.0 Å². The summed E-state index contributed by atoms with van der Waals surface area (Å²) in [6.07, 6.45) is 8.24. The minimum absolute atomic E-state index is 0.0163. The van der Waals surface area contributed by atoms with Crippen LogP contribution in [0.15, 0.2) is 35.4 Å². The molecule has 0 bridgehead atoms. The van der Waals surface area contributed by atoms with Crippen LogP contribution in [0.4, 0.5) is 14.6 Å². The number of nitrogens with one attached hydrogen (secondary N) is 3. The zero-order valence-corrected chi connectivity index (χ0v) is 26.8. The number of pyridine rings is 1. The van der Waals surface area contributed by atoms with Crippen molar-refractivity contribution in [3.05, 3.63) is 41.4 Å². The van der Waals surface area contributed by atoms with Crippen molar-refractivity contribution in [1.82, 2.24) is 21.0 Å². The first-order valence-corrected chi connectivity index (χ1v) is 16.4. The van der Waals surface area contributed by atoms with Crippen LogP contribution in [0.25, 0.3) is 5.57 Å². The number of hydrogen-bond acceptors (Lipinski definition) is 8. The molecule has 3 aliphatic heterocycles. The largest absolute Gasteiger partial charge is 0.495 e. The maximum Gasteiger partial charge on any atom is 0.261 e. The Balaban J connectivity index is 0.00000106. The van der Waals surface area contributed by atoms with E-state index in [9.17, 15) is 18.4 Å². The van der Waals surface area contributed by atoms with E-state index in [4.69, 9.17) is 4.74 Å². The Morgan fingerprint density at radius 3 is 2.59 bits per heavy atom. The lowest BCUT2D eigenvalue weighted by Crippen LogP contribution is -2.47. The molecule has 2 unspecified atom stereocenters. The second-order valence-electron chi connectivity index (χ2n) is 10.8. The van der Waals surface area contributed by atoms with E-state index in [0.29, 0.717) is 40.9 Å². The molecule has 1 aromatic rings. The van der Waals surface area contributed by atoms with Crippen molar-refractivity contribution in [1.29, 1.82) is 0 Å². The third kappa shape index (κ3) is 7.54. The van der Waals surface area contributed by atoms with E-state index in [1.54, 1.807) is 11.0 Å².